The molecule has 1 aliphatic carbocycles. The van der Waals surface area contributed by atoms with Gasteiger partial charge in [-0.05, 0) is 94.0 Å². The zero-order valence-electron chi connectivity index (χ0n) is 27.8. The van der Waals surface area contributed by atoms with Crippen molar-refractivity contribution in [2.45, 2.75) is 75.6 Å². The van der Waals surface area contributed by atoms with E-state index in [4.69, 9.17) is 21.1 Å². The zero-order chi connectivity index (χ0) is 34.9. The Balaban J connectivity index is 1.51. The van der Waals surface area contributed by atoms with Crippen LogP contribution in [0.2, 0.25) is 5.02 Å². The molecule has 12 heteroatoms. The number of hydrogen-bond acceptors (Lipinski definition) is 6. The average Bonchev–Trinajstić information content (AvgIpc) is 3.42. The Hall–Kier alpha value is -3.54. The van der Waals surface area contributed by atoms with E-state index in [0.717, 1.165) is 34.6 Å². The van der Waals surface area contributed by atoms with E-state index in [1.807, 2.05) is 57.2 Å². The Bertz CT molecular complexity index is 1870. The van der Waals surface area contributed by atoms with Gasteiger partial charge in [0.05, 0.1) is 22.2 Å². The van der Waals surface area contributed by atoms with Gasteiger partial charge in [-0.2, -0.15) is 0 Å². The number of methoxy groups -OCH3 is 1. The zero-order valence-corrected chi connectivity index (χ0v) is 30.2. The monoisotopic (exact) mass is 716 g/mol. The van der Waals surface area contributed by atoms with E-state index in [1.165, 1.54) is 0 Å². The number of ether oxygens (including phenoxy) is 2. The molecule has 1 atom stereocenters. The fourth-order valence-corrected chi connectivity index (χ4v) is 8.16. The second-order valence-electron chi connectivity index (χ2n) is 13.0. The summed E-state index contributed by atoms with van der Waals surface area (Å²) in [5, 5.41) is -0.231. The molecule has 0 N–H and O–H groups in total. The Labute approximate surface area is 291 Å². The number of rotatable bonds is 8. The molecule has 0 spiro atoms. The molecule has 0 saturated heterocycles. The topological polar surface area (TPSA) is 76.2 Å². The van der Waals surface area contributed by atoms with Gasteiger partial charge in [0.2, 0.25) is 0 Å². The molecule has 4 aromatic rings. The Morgan fingerprint density at radius 1 is 0.979 bits per heavy atom. The van der Waals surface area contributed by atoms with Gasteiger partial charge in [-0.1, -0.05) is 29.8 Å². The molecule has 48 heavy (non-hydrogen) atoms. The smallest absolute Gasteiger partial charge is 0.410 e. The number of carbonyl (C=O) groups excluding carboxylic acids is 2. The van der Waals surface area contributed by atoms with Gasteiger partial charge in [-0.15, -0.1) is 11.3 Å². The van der Waals surface area contributed by atoms with Crippen LogP contribution in [0.5, 0.6) is 5.75 Å². The number of hydrogen-bond donors (Lipinski definition) is 0. The van der Waals surface area contributed by atoms with Crippen molar-refractivity contribution in [3.05, 3.63) is 81.7 Å². The van der Waals surface area contributed by atoms with Gasteiger partial charge >= 0.3 is 6.09 Å². The van der Waals surface area contributed by atoms with Crippen molar-refractivity contribution in [1.82, 2.24) is 9.80 Å². The van der Waals surface area contributed by atoms with Gasteiger partial charge in [0.25, 0.3) is 5.91 Å². The van der Waals surface area contributed by atoms with Gasteiger partial charge in [-0.25, -0.2) is 13.6 Å². The third-order valence-electron chi connectivity index (χ3n) is 8.59. The predicted molar refractivity (Wildman–Crippen MR) is 187 cm³/mol. The van der Waals surface area contributed by atoms with Crippen molar-refractivity contribution < 1.29 is 32.1 Å². The Morgan fingerprint density at radius 2 is 1.62 bits per heavy atom. The van der Waals surface area contributed by atoms with Crippen LogP contribution >= 0.6 is 22.9 Å². The summed E-state index contributed by atoms with van der Waals surface area (Å²) in [4.78, 5) is 31.3. The SMILES string of the molecule is COc1ccc(-c2cccc(S(C)=O)c2)cc1CN(C(=O)c1sc2c(F)ccc(F)c2c1Cl)C1CCC(N(C)C(=O)OC(C)(C)C)CC1. The van der Waals surface area contributed by atoms with Gasteiger partial charge in [0.15, 0.2) is 0 Å². The van der Waals surface area contributed by atoms with E-state index < -0.39 is 40.0 Å². The predicted octanol–water partition coefficient (Wildman–Crippen LogP) is 9.07. The van der Waals surface area contributed by atoms with Crippen LogP contribution in [0.15, 0.2) is 59.5 Å². The summed E-state index contributed by atoms with van der Waals surface area (Å²) < 4.78 is 53.1. The minimum absolute atomic E-state index is 0.0150. The number of thiophene rings is 1. The van der Waals surface area contributed by atoms with Gasteiger partial charge in [0.1, 0.15) is 27.9 Å². The molecule has 2 amide bonds. The number of carbonyl (C=O) groups is 2. The molecular formula is C36H39ClF2N2O5S2. The molecule has 1 unspecified atom stereocenters. The summed E-state index contributed by atoms with van der Waals surface area (Å²) in [6.45, 7) is 5.59. The van der Waals surface area contributed by atoms with Gasteiger partial charge in [0, 0.05) is 53.2 Å². The third-order valence-corrected chi connectivity index (χ3v) is 11.2. The highest BCUT2D eigenvalue weighted by Gasteiger charge is 2.35. The molecule has 0 radical (unpaired) electrons. The van der Waals surface area contributed by atoms with Crippen LogP contribution in [0, 0.1) is 11.6 Å². The third kappa shape index (κ3) is 7.68. The maximum absolute atomic E-state index is 14.8. The van der Waals surface area contributed by atoms with E-state index in [2.05, 4.69) is 0 Å². The first-order valence-electron chi connectivity index (χ1n) is 15.6. The molecule has 1 heterocycles. The minimum atomic E-state index is -1.17. The summed E-state index contributed by atoms with van der Waals surface area (Å²) in [6, 6.07) is 14.8. The summed E-state index contributed by atoms with van der Waals surface area (Å²) in [5.41, 5.74) is 1.79. The highest BCUT2D eigenvalue weighted by molar-refractivity contribution is 7.84. The molecule has 5 rings (SSSR count). The summed E-state index contributed by atoms with van der Waals surface area (Å²) in [6.07, 6.45) is 3.59. The largest absolute Gasteiger partial charge is 0.496 e. The van der Waals surface area contributed by atoms with Crippen LogP contribution in [0.4, 0.5) is 13.6 Å². The molecule has 3 aromatic carbocycles. The maximum atomic E-state index is 14.8. The number of benzene rings is 3. The average molecular weight is 717 g/mol. The fraction of sp³-hybridized carbons (Fsp3) is 0.389. The molecule has 256 valence electrons. The number of amides is 2. The van der Waals surface area contributed by atoms with Crippen molar-refractivity contribution in [2.75, 3.05) is 20.4 Å². The van der Waals surface area contributed by atoms with Crippen LogP contribution in [0.25, 0.3) is 21.2 Å². The summed E-state index contributed by atoms with van der Waals surface area (Å²) in [5.74, 6) is -1.24. The van der Waals surface area contributed by atoms with Crippen molar-refractivity contribution in [2.24, 2.45) is 0 Å². The number of halogens is 3. The van der Waals surface area contributed by atoms with E-state index in [-0.39, 0.29) is 38.6 Å². The van der Waals surface area contributed by atoms with E-state index in [1.54, 1.807) is 36.3 Å². The van der Waals surface area contributed by atoms with Crippen LogP contribution < -0.4 is 4.74 Å². The maximum Gasteiger partial charge on any atom is 0.410 e. The van der Waals surface area contributed by atoms with Gasteiger partial charge < -0.3 is 19.3 Å². The Morgan fingerprint density at radius 3 is 2.25 bits per heavy atom. The second-order valence-corrected chi connectivity index (χ2v) is 15.8. The lowest BCUT2D eigenvalue weighted by Gasteiger charge is -2.40. The summed E-state index contributed by atoms with van der Waals surface area (Å²) >= 11 is 7.46. The first-order valence-corrected chi connectivity index (χ1v) is 18.4. The first kappa shape index (κ1) is 35.8. The van der Waals surface area contributed by atoms with E-state index in [9.17, 15) is 22.6 Å². The van der Waals surface area contributed by atoms with Crippen molar-refractivity contribution >= 4 is 55.8 Å². The molecule has 1 saturated carbocycles. The standard InChI is InChI=1S/C36H39ClF2N2O5S2/c1-36(2,3)46-35(43)40(4)24-11-13-25(14-12-24)41(34(42)33-31(37)30-27(38)15-16-28(39)32(30)47-33)20-23-18-22(10-17-29(23)45-5)21-8-7-9-26(19-21)48(6)44/h7-10,15-19,24-25H,11-14,20H2,1-6H3. The normalized spacial score (nSPS) is 17.2. The fourth-order valence-electron chi connectivity index (χ4n) is 6.09. The second kappa shape index (κ2) is 14.5. The van der Waals surface area contributed by atoms with Crippen LogP contribution in [-0.4, -0.2) is 64.1 Å². The van der Waals surface area contributed by atoms with Crippen LogP contribution in [0.1, 0.15) is 61.7 Å². The van der Waals surface area contributed by atoms with Crippen molar-refractivity contribution in [3.8, 4) is 16.9 Å². The van der Waals surface area contributed by atoms with Crippen LogP contribution in [-0.2, 0) is 22.1 Å². The van der Waals surface area contributed by atoms with E-state index in [0.29, 0.717) is 41.9 Å². The van der Waals surface area contributed by atoms with Gasteiger partial charge in [-0.3, -0.25) is 9.00 Å². The quantitative estimate of drug-likeness (QED) is 0.182. The molecule has 1 aliphatic rings. The minimum Gasteiger partial charge on any atom is -0.496 e. The molecule has 0 bridgehead atoms. The van der Waals surface area contributed by atoms with Crippen molar-refractivity contribution in [1.29, 1.82) is 0 Å². The highest BCUT2D eigenvalue weighted by atomic mass is 35.5. The lowest BCUT2D eigenvalue weighted by Crippen LogP contribution is -2.47. The molecule has 0 aliphatic heterocycles. The number of fused-ring (bicyclic) bond motifs is 1. The first-order chi connectivity index (χ1) is 22.7. The van der Waals surface area contributed by atoms with E-state index >= 15 is 0 Å². The summed E-state index contributed by atoms with van der Waals surface area (Å²) in [7, 11) is 2.11. The molecule has 1 fully saturated rings. The lowest BCUT2D eigenvalue weighted by atomic mass is 9.89. The Kier molecular flexibility index (Phi) is 10.8. The van der Waals surface area contributed by atoms with Crippen molar-refractivity contribution in [3.63, 3.8) is 0 Å². The molecular weight excluding hydrogens is 678 g/mol. The lowest BCUT2D eigenvalue weighted by molar-refractivity contribution is 0.0144. The van der Waals surface area contributed by atoms with Crippen LogP contribution in [0.3, 0.4) is 0 Å². The number of nitrogens with zero attached hydrogens (tertiary/aromatic N) is 2. The molecule has 7 nitrogen and oxygen atoms in total. The molecule has 1 aromatic heterocycles. The highest BCUT2D eigenvalue weighted by Crippen LogP contribution is 2.41.